The number of hydrogen-bond donors (Lipinski definition) is 3. The Morgan fingerprint density at radius 1 is 1.03 bits per heavy atom. The monoisotopic (exact) mass is 458 g/mol. The Bertz CT molecular complexity index is 1050. The first-order valence-corrected chi connectivity index (χ1v) is 10.0. The van der Waals surface area contributed by atoms with Gasteiger partial charge in [-0.25, -0.2) is 4.79 Å². The average Bonchev–Trinajstić information content (AvgIpc) is 2.73. The number of nitrogens with two attached hydrogens (primary N) is 1. The first-order chi connectivity index (χ1) is 15.4. The van der Waals surface area contributed by atoms with Gasteiger partial charge in [0.15, 0.2) is 11.5 Å². The number of guanidine groups is 1. The zero-order chi connectivity index (χ0) is 24.9. The lowest BCUT2D eigenvalue weighted by molar-refractivity contribution is 0.0975. The highest BCUT2D eigenvalue weighted by molar-refractivity contribution is 6.13. The van der Waals surface area contributed by atoms with Crippen molar-refractivity contribution in [2.75, 3.05) is 32.0 Å². The van der Waals surface area contributed by atoms with E-state index in [1.165, 1.54) is 33.5 Å². The molecule has 0 atom stereocenters. The number of hydrogen-bond acceptors (Lipinski definition) is 6. The summed E-state index contributed by atoms with van der Waals surface area (Å²) in [6.07, 6.45) is -1.47. The zero-order valence-electron chi connectivity index (χ0n) is 19.8. The van der Waals surface area contributed by atoms with Gasteiger partial charge in [-0.2, -0.15) is 0 Å². The maximum absolute atomic E-state index is 13.2. The molecular formula is C23H30N4O6. The van der Waals surface area contributed by atoms with Crippen LogP contribution in [0.3, 0.4) is 0 Å². The van der Waals surface area contributed by atoms with Gasteiger partial charge in [0.1, 0.15) is 0 Å². The lowest BCUT2D eigenvalue weighted by Gasteiger charge is -2.38. The number of nitrogens with zero attached hydrogens (tertiary/aromatic N) is 2. The number of nitrogen functional groups attached to an aromatic ring is 1. The zero-order valence-corrected chi connectivity index (χ0v) is 19.8. The lowest BCUT2D eigenvalue weighted by atomic mass is 10.0. The fourth-order valence-electron chi connectivity index (χ4n) is 3.20. The standard InChI is InChI=1S/C23H30N4O6/c1-13-8-9-15(12-16(13)24)27(23(2,3)4)21(26-22(29)30)25-20(28)14-10-17(31-5)19(33-7)18(11-14)32-6/h8-12H,24H2,1-7H3,(H,29,30)(H,25,26,28). The quantitative estimate of drug-likeness (QED) is 0.351. The van der Waals surface area contributed by atoms with E-state index in [9.17, 15) is 14.7 Å². The maximum Gasteiger partial charge on any atom is 0.434 e. The van der Waals surface area contributed by atoms with Crippen LogP contribution >= 0.6 is 0 Å². The first kappa shape index (κ1) is 25.3. The third-order valence-electron chi connectivity index (χ3n) is 4.76. The topological polar surface area (TPSA) is 136 Å². The molecule has 2 rings (SSSR count). The van der Waals surface area contributed by atoms with Crippen molar-refractivity contribution in [3.63, 3.8) is 0 Å². The molecule has 10 heteroatoms. The van der Waals surface area contributed by atoms with E-state index in [0.717, 1.165) is 5.56 Å². The molecule has 33 heavy (non-hydrogen) atoms. The van der Waals surface area contributed by atoms with E-state index >= 15 is 0 Å². The highest BCUT2D eigenvalue weighted by atomic mass is 16.5. The van der Waals surface area contributed by atoms with Crippen LogP contribution in [0.2, 0.25) is 0 Å². The Kier molecular flexibility index (Phi) is 7.76. The van der Waals surface area contributed by atoms with Crippen molar-refractivity contribution in [3.8, 4) is 17.2 Å². The number of carbonyl (C=O) groups is 2. The third-order valence-corrected chi connectivity index (χ3v) is 4.76. The van der Waals surface area contributed by atoms with E-state index in [4.69, 9.17) is 19.9 Å². The van der Waals surface area contributed by atoms with Crippen molar-refractivity contribution in [3.05, 3.63) is 41.5 Å². The maximum atomic E-state index is 13.2. The molecule has 0 unspecified atom stereocenters. The van der Waals surface area contributed by atoms with E-state index < -0.39 is 17.5 Å². The lowest BCUT2D eigenvalue weighted by Crippen LogP contribution is -2.53. The van der Waals surface area contributed by atoms with Gasteiger partial charge in [0, 0.05) is 22.5 Å². The molecule has 2 aromatic carbocycles. The summed E-state index contributed by atoms with van der Waals surface area (Å²) < 4.78 is 15.9. The minimum Gasteiger partial charge on any atom is -0.493 e. The van der Waals surface area contributed by atoms with Crippen LogP contribution in [0.1, 0.15) is 36.7 Å². The molecule has 0 spiro atoms. The summed E-state index contributed by atoms with van der Waals surface area (Å²) in [5.41, 5.74) is 7.51. The van der Waals surface area contributed by atoms with Crippen molar-refractivity contribution >= 4 is 29.3 Å². The van der Waals surface area contributed by atoms with E-state index in [1.807, 2.05) is 33.8 Å². The van der Waals surface area contributed by atoms with E-state index in [1.54, 1.807) is 17.0 Å². The number of anilines is 2. The molecular weight excluding hydrogens is 428 g/mol. The molecule has 2 amide bonds. The molecule has 178 valence electrons. The first-order valence-electron chi connectivity index (χ1n) is 10.0. The summed E-state index contributed by atoms with van der Waals surface area (Å²) in [4.78, 5) is 30.0. The minimum atomic E-state index is -1.47. The molecule has 2 aromatic rings. The van der Waals surface area contributed by atoms with E-state index in [0.29, 0.717) is 17.1 Å². The van der Waals surface area contributed by atoms with Gasteiger partial charge in [-0.05, 0) is 57.5 Å². The summed E-state index contributed by atoms with van der Waals surface area (Å²) in [6.45, 7) is 7.42. The van der Waals surface area contributed by atoms with Gasteiger partial charge >= 0.3 is 6.09 Å². The van der Waals surface area contributed by atoms with Gasteiger partial charge in [0.25, 0.3) is 5.91 Å². The van der Waals surface area contributed by atoms with Gasteiger partial charge in [-0.15, -0.1) is 4.99 Å². The number of ether oxygens (including phenoxy) is 3. The van der Waals surface area contributed by atoms with Gasteiger partial charge in [0.05, 0.1) is 21.3 Å². The number of methoxy groups -OCH3 is 3. The number of nitrogens with one attached hydrogen (secondary N) is 1. The number of carboxylic acid groups (broad SMARTS) is 1. The van der Waals surface area contributed by atoms with Crippen LogP contribution in [0, 0.1) is 6.92 Å². The molecule has 0 aliphatic carbocycles. The Labute approximate surface area is 193 Å². The predicted molar refractivity (Wildman–Crippen MR) is 127 cm³/mol. The van der Waals surface area contributed by atoms with E-state index in [2.05, 4.69) is 10.3 Å². The number of carbonyl (C=O) groups excluding carboxylic acids is 1. The van der Waals surface area contributed by atoms with Crippen molar-refractivity contribution < 1.29 is 28.9 Å². The number of aliphatic imine (C=N–C) groups is 1. The largest absolute Gasteiger partial charge is 0.493 e. The number of rotatable bonds is 5. The Hall–Kier alpha value is -3.95. The molecule has 0 bridgehead atoms. The van der Waals surface area contributed by atoms with Crippen molar-refractivity contribution in [1.29, 1.82) is 0 Å². The fourth-order valence-corrected chi connectivity index (χ4v) is 3.20. The number of aryl methyl sites for hydroxylation is 1. The second-order valence-corrected chi connectivity index (χ2v) is 8.13. The SMILES string of the molecule is COc1cc(C(=O)NC(=NC(=O)O)N(c2ccc(C)c(N)c2)C(C)(C)C)cc(OC)c1OC. The fraction of sp³-hybridized carbons (Fsp3) is 0.348. The highest BCUT2D eigenvalue weighted by Gasteiger charge is 2.30. The third kappa shape index (κ3) is 5.85. The van der Waals surface area contributed by atoms with Gasteiger partial charge in [-0.3, -0.25) is 10.1 Å². The second kappa shape index (κ2) is 10.1. The van der Waals surface area contributed by atoms with Crippen LogP contribution < -0.4 is 30.2 Å². The molecule has 0 aliphatic rings. The molecule has 10 nitrogen and oxygen atoms in total. The molecule has 0 radical (unpaired) electrons. The molecule has 0 saturated carbocycles. The van der Waals surface area contributed by atoms with E-state index in [-0.39, 0.29) is 23.0 Å². The average molecular weight is 459 g/mol. The van der Waals surface area contributed by atoms with Crippen LogP contribution in [0.15, 0.2) is 35.3 Å². The summed E-state index contributed by atoms with van der Waals surface area (Å²) in [5, 5.41) is 12.0. The number of amides is 2. The minimum absolute atomic E-state index is 0.153. The van der Waals surface area contributed by atoms with Crippen LogP contribution in [0.25, 0.3) is 0 Å². The van der Waals surface area contributed by atoms with Crippen molar-refractivity contribution in [2.45, 2.75) is 33.2 Å². The molecule has 0 heterocycles. The van der Waals surface area contributed by atoms with Crippen molar-refractivity contribution in [1.82, 2.24) is 5.32 Å². The molecule has 0 saturated heterocycles. The summed E-state index contributed by atoms with van der Waals surface area (Å²) >= 11 is 0. The van der Waals surface area contributed by atoms with Gasteiger partial charge in [0.2, 0.25) is 11.7 Å². The normalized spacial score (nSPS) is 11.5. The van der Waals surface area contributed by atoms with Crippen LogP contribution in [-0.4, -0.2) is 49.9 Å². The number of benzene rings is 2. The summed E-state index contributed by atoms with van der Waals surface area (Å²) in [6, 6.07) is 8.20. The van der Waals surface area contributed by atoms with Crippen LogP contribution in [0.5, 0.6) is 17.2 Å². The Morgan fingerprint density at radius 3 is 2.03 bits per heavy atom. The molecule has 0 aliphatic heterocycles. The predicted octanol–water partition coefficient (Wildman–Crippen LogP) is 3.67. The highest BCUT2D eigenvalue weighted by Crippen LogP contribution is 2.38. The van der Waals surface area contributed by atoms with Crippen LogP contribution in [0.4, 0.5) is 16.2 Å². The molecule has 0 fully saturated rings. The van der Waals surface area contributed by atoms with Crippen molar-refractivity contribution in [2.24, 2.45) is 4.99 Å². The molecule has 4 N–H and O–H groups in total. The second-order valence-electron chi connectivity index (χ2n) is 8.13. The Morgan fingerprint density at radius 2 is 1.61 bits per heavy atom. The smallest absolute Gasteiger partial charge is 0.434 e. The Balaban J connectivity index is 2.57. The molecule has 0 aromatic heterocycles. The van der Waals surface area contributed by atoms with Gasteiger partial charge < -0.3 is 30.0 Å². The summed E-state index contributed by atoms with van der Waals surface area (Å²) in [5.74, 6) is 0.0680. The summed E-state index contributed by atoms with van der Waals surface area (Å²) in [7, 11) is 4.31. The van der Waals surface area contributed by atoms with Crippen LogP contribution in [-0.2, 0) is 0 Å². The van der Waals surface area contributed by atoms with Gasteiger partial charge in [-0.1, -0.05) is 6.07 Å².